The van der Waals surface area contributed by atoms with E-state index in [2.05, 4.69) is 25.9 Å². The Hall–Kier alpha value is -0.570. The van der Waals surface area contributed by atoms with Gasteiger partial charge in [-0.25, -0.2) is 0 Å². The normalized spacial score (nSPS) is 18.2. The topological polar surface area (TPSA) is 29.5 Å². The van der Waals surface area contributed by atoms with Gasteiger partial charge in [0.1, 0.15) is 0 Å². The third-order valence-corrected chi connectivity index (χ3v) is 8.22. The molecule has 1 aliphatic carbocycles. The Balaban J connectivity index is 1.98. The van der Waals surface area contributed by atoms with Crippen LogP contribution in [0.5, 0.6) is 0 Å². The second kappa shape index (κ2) is 22.6. The van der Waals surface area contributed by atoms with Gasteiger partial charge in [-0.3, -0.25) is 4.79 Å². The van der Waals surface area contributed by atoms with Crippen molar-refractivity contribution < 1.29 is 9.53 Å². The van der Waals surface area contributed by atoms with E-state index in [-0.39, 0.29) is 5.97 Å². The molecule has 0 bridgehead atoms. The van der Waals surface area contributed by atoms with E-state index in [1.165, 1.54) is 129 Å². The van der Waals surface area contributed by atoms with Crippen LogP contribution in [0.2, 0.25) is 0 Å². The molecule has 0 aromatic heterocycles. The maximum Gasteiger partial charge on any atom is 0.305 e. The molecule has 0 aromatic rings. The average molecular weight is 494 g/mol. The van der Waals surface area contributed by atoms with Crippen molar-refractivity contribution in [2.45, 2.75) is 155 Å². The van der Waals surface area contributed by atoms with Crippen molar-refractivity contribution in [1.29, 1.82) is 0 Å². The quantitative estimate of drug-likeness (QED) is 0.0887. The summed E-state index contributed by atoms with van der Waals surface area (Å²) in [5.74, 6) is 3.06. The molecule has 35 heavy (non-hydrogen) atoms. The van der Waals surface area contributed by atoms with Gasteiger partial charge in [0.25, 0.3) is 0 Å². The van der Waals surface area contributed by atoms with Crippen LogP contribution in [0.4, 0.5) is 0 Å². The van der Waals surface area contributed by atoms with Gasteiger partial charge in [-0.1, -0.05) is 122 Å². The molecule has 1 saturated carbocycles. The molecule has 3 unspecified atom stereocenters. The number of carbonyl (C=O) groups is 1. The van der Waals surface area contributed by atoms with Gasteiger partial charge in [0.05, 0.1) is 6.61 Å². The van der Waals surface area contributed by atoms with Crippen molar-refractivity contribution >= 4 is 5.97 Å². The predicted molar refractivity (Wildman–Crippen MR) is 153 cm³/mol. The Kier molecular flexibility index (Phi) is 21.0. The van der Waals surface area contributed by atoms with Gasteiger partial charge in [-0.15, -0.1) is 0 Å². The molecule has 0 aliphatic heterocycles. The highest BCUT2D eigenvalue weighted by Gasteiger charge is 2.34. The summed E-state index contributed by atoms with van der Waals surface area (Å²) in [6.45, 7) is 5.91. The van der Waals surface area contributed by atoms with Crippen molar-refractivity contribution in [3.8, 4) is 0 Å². The highest BCUT2D eigenvalue weighted by Crippen LogP contribution is 2.45. The molecule has 0 amide bonds. The minimum absolute atomic E-state index is 0.0264. The Bertz CT molecular complexity index is 478. The van der Waals surface area contributed by atoms with Crippen LogP contribution >= 0.6 is 0 Å². The van der Waals surface area contributed by atoms with Crippen LogP contribution in [-0.4, -0.2) is 38.1 Å². The van der Waals surface area contributed by atoms with Gasteiger partial charge >= 0.3 is 5.97 Å². The Morgan fingerprint density at radius 2 is 1.23 bits per heavy atom. The maximum absolute atomic E-state index is 11.4. The van der Waals surface area contributed by atoms with Crippen molar-refractivity contribution in [2.24, 2.45) is 17.8 Å². The van der Waals surface area contributed by atoms with Crippen LogP contribution < -0.4 is 0 Å². The lowest BCUT2D eigenvalue weighted by molar-refractivity contribution is -0.143. The Morgan fingerprint density at radius 1 is 0.714 bits per heavy atom. The van der Waals surface area contributed by atoms with Gasteiger partial charge in [-0.2, -0.15) is 0 Å². The maximum atomic E-state index is 11.4. The SMILES string of the molecule is CCCCCCCCC1CC1CCCCCCCC(CCCCCCC(=O)OCC)CCN(C)C. The monoisotopic (exact) mass is 493 g/mol. The first-order chi connectivity index (χ1) is 17.1. The molecule has 3 nitrogen and oxygen atoms in total. The minimum Gasteiger partial charge on any atom is -0.466 e. The van der Waals surface area contributed by atoms with Gasteiger partial charge in [-0.05, 0) is 64.6 Å². The molecule has 1 aliphatic rings. The van der Waals surface area contributed by atoms with Gasteiger partial charge in [0.2, 0.25) is 0 Å². The number of ether oxygens (including phenoxy) is 1. The number of hydrogen-bond donors (Lipinski definition) is 0. The highest BCUT2D eigenvalue weighted by molar-refractivity contribution is 5.69. The van der Waals surface area contributed by atoms with Crippen LogP contribution in [0.15, 0.2) is 0 Å². The van der Waals surface area contributed by atoms with Crippen LogP contribution in [0.25, 0.3) is 0 Å². The lowest BCUT2D eigenvalue weighted by atomic mass is 9.91. The second-order valence-corrected chi connectivity index (χ2v) is 11.9. The van der Waals surface area contributed by atoms with Crippen LogP contribution in [0.1, 0.15) is 155 Å². The van der Waals surface area contributed by atoms with E-state index in [9.17, 15) is 4.79 Å². The number of nitrogens with zero attached hydrogens (tertiary/aromatic N) is 1. The van der Waals surface area contributed by atoms with E-state index in [0.29, 0.717) is 13.0 Å². The fourth-order valence-electron chi connectivity index (χ4n) is 5.74. The molecule has 3 atom stereocenters. The van der Waals surface area contributed by atoms with E-state index >= 15 is 0 Å². The van der Waals surface area contributed by atoms with Crippen molar-refractivity contribution in [3.05, 3.63) is 0 Å². The lowest BCUT2D eigenvalue weighted by Crippen LogP contribution is -2.17. The van der Waals surface area contributed by atoms with Crippen LogP contribution in [0.3, 0.4) is 0 Å². The summed E-state index contributed by atoms with van der Waals surface area (Å²) in [7, 11) is 4.40. The van der Waals surface area contributed by atoms with E-state index in [1.54, 1.807) is 6.42 Å². The van der Waals surface area contributed by atoms with E-state index in [4.69, 9.17) is 4.74 Å². The predicted octanol–water partition coefficient (Wildman–Crippen LogP) is 9.58. The minimum atomic E-state index is -0.0264. The molecule has 0 saturated heterocycles. The smallest absolute Gasteiger partial charge is 0.305 e. The van der Waals surface area contributed by atoms with Crippen molar-refractivity contribution in [2.75, 3.05) is 27.2 Å². The van der Waals surface area contributed by atoms with E-state index in [0.717, 1.165) is 24.2 Å². The zero-order chi connectivity index (χ0) is 25.6. The number of hydrogen-bond acceptors (Lipinski definition) is 3. The summed E-state index contributed by atoms with van der Waals surface area (Å²) in [6, 6.07) is 0. The third kappa shape index (κ3) is 20.2. The number of rotatable bonds is 26. The van der Waals surface area contributed by atoms with Gasteiger partial charge < -0.3 is 9.64 Å². The molecular formula is C32H63NO2. The molecule has 1 fully saturated rings. The molecular weight excluding hydrogens is 430 g/mol. The Morgan fingerprint density at radius 3 is 1.77 bits per heavy atom. The van der Waals surface area contributed by atoms with E-state index < -0.39 is 0 Å². The molecule has 3 heteroatoms. The second-order valence-electron chi connectivity index (χ2n) is 11.9. The molecule has 0 heterocycles. The summed E-state index contributed by atoms with van der Waals surface area (Å²) < 4.78 is 5.02. The molecule has 0 spiro atoms. The Labute approximate surface area is 220 Å². The molecule has 0 N–H and O–H groups in total. The number of carbonyl (C=O) groups excluding carboxylic acids is 1. The van der Waals surface area contributed by atoms with Crippen LogP contribution in [-0.2, 0) is 9.53 Å². The third-order valence-electron chi connectivity index (χ3n) is 8.22. The summed E-state index contributed by atoms with van der Waals surface area (Å²) in [5, 5.41) is 0. The first kappa shape index (κ1) is 32.5. The summed E-state index contributed by atoms with van der Waals surface area (Å²) in [5.41, 5.74) is 0. The molecule has 0 radical (unpaired) electrons. The van der Waals surface area contributed by atoms with E-state index in [1.807, 2.05) is 6.92 Å². The molecule has 1 rings (SSSR count). The van der Waals surface area contributed by atoms with Gasteiger partial charge in [0, 0.05) is 6.42 Å². The standard InChI is InChI=1S/C32H63NO2/c1-5-7-8-9-12-18-23-30-28-31(30)24-19-13-10-11-16-21-29(26-27-33(3)4)22-17-14-15-20-25-32(34)35-6-2/h29-31H,5-28H2,1-4H3. The number of unbranched alkanes of at least 4 members (excludes halogenated alkanes) is 12. The summed E-state index contributed by atoms with van der Waals surface area (Å²) in [4.78, 5) is 13.8. The first-order valence-electron chi connectivity index (χ1n) is 15.9. The van der Waals surface area contributed by atoms with Gasteiger partial charge in [0.15, 0.2) is 0 Å². The largest absolute Gasteiger partial charge is 0.466 e. The zero-order valence-corrected chi connectivity index (χ0v) is 24.5. The molecule has 208 valence electrons. The molecule has 0 aromatic carbocycles. The highest BCUT2D eigenvalue weighted by atomic mass is 16.5. The van der Waals surface area contributed by atoms with Crippen molar-refractivity contribution in [1.82, 2.24) is 4.90 Å². The van der Waals surface area contributed by atoms with Crippen molar-refractivity contribution in [3.63, 3.8) is 0 Å². The fraction of sp³-hybridized carbons (Fsp3) is 0.969. The summed E-state index contributed by atoms with van der Waals surface area (Å²) in [6.07, 6.45) is 30.0. The average Bonchev–Trinajstić information content (AvgIpc) is 3.58. The number of esters is 1. The zero-order valence-electron chi connectivity index (χ0n) is 24.5. The first-order valence-corrected chi connectivity index (χ1v) is 15.9. The summed E-state index contributed by atoms with van der Waals surface area (Å²) >= 11 is 0. The van der Waals surface area contributed by atoms with Crippen LogP contribution in [0, 0.1) is 17.8 Å². The fourth-order valence-corrected chi connectivity index (χ4v) is 5.74. The lowest BCUT2D eigenvalue weighted by Gasteiger charge is -2.19.